The SMILES string of the molecule is CC(C)=CCC/C(C)=C/CC/C(C)=C/CC[C@]1(C)CCc2cc(OCCN)cc(C)c2O1. The predicted octanol–water partition coefficient (Wildman–Crippen LogP) is 7.62. The summed E-state index contributed by atoms with van der Waals surface area (Å²) in [7, 11) is 0. The number of ether oxygens (including phenoxy) is 2. The first-order valence-corrected chi connectivity index (χ1v) is 12.3. The molecular formula is C29H45NO2. The average molecular weight is 440 g/mol. The first-order chi connectivity index (χ1) is 15.2. The molecule has 3 heteroatoms. The van der Waals surface area contributed by atoms with Crippen LogP contribution in [0.3, 0.4) is 0 Å². The minimum absolute atomic E-state index is 0.102. The lowest BCUT2D eigenvalue weighted by molar-refractivity contribution is 0.0561. The highest BCUT2D eigenvalue weighted by molar-refractivity contribution is 5.48. The Kier molecular flexibility index (Phi) is 10.6. The summed E-state index contributed by atoms with van der Waals surface area (Å²) >= 11 is 0. The molecule has 0 radical (unpaired) electrons. The third kappa shape index (κ3) is 8.86. The lowest BCUT2D eigenvalue weighted by atomic mass is 9.87. The van der Waals surface area contributed by atoms with Crippen molar-refractivity contribution in [3.63, 3.8) is 0 Å². The minimum atomic E-state index is -0.102. The third-order valence-corrected chi connectivity index (χ3v) is 6.27. The number of allylic oxidation sites excluding steroid dienone is 6. The van der Waals surface area contributed by atoms with Gasteiger partial charge in [-0.05, 0) is 116 Å². The lowest BCUT2D eigenvalue weighted by Gasteiger charge is -2.37. The number of fused-ring (bicyclic) bond motifs is 1. The van der Waals surface area contributed by atoms with Crippen LogP contribution < -0.4 is 15.2 Å². The van der Waals surface area contributed by atoms with E-state index in [1.54, 1.807) is 0 Å². The maximum absolute atomic E-state index is 6.53. The number of hydrogen-bond acceptors (Lipinski definition) is 3. The van der Waals surface area contributed by atoms with E-state index in [4.69, 9.17) is 15.2 Å². The lowest BCUT2D eigenvalue weighted by Crippen LogP contribution is -2.36. The fourth-order valence-electron chi connectivity index (χ4n) is 4.24. The van der Waals surface area contributed by atoms with Crippen molar-refractivity contribution >= 4 is 0 Å². The first-order valence-electron chi connectivity index (χ1n) is 12.3. The van der Waals surface area contributed by atoms with Gasteiger partial charge in [0.25, 0.3) is 0 Å². The van der Waals surface area contributed by atoms with Crippen molar-refractivity contribution in [1.29, 1.82) is 0 Å². The van der Waals surface area contributed by atoms with Gasteiger partial charge in [0.15, 0.2) is 0 Å². The molecule has 0 unspecified atom stereocenters. The van der Waals surface area contributed by atoms with Gasteiger partial charge < -0.3 is 15.2 Å². The van der Waals surface area contributed by atoms with Gasteiger partial charge in [-0.15, -0.1) is 0 Å². The summed E-state index contributed by atoms with van der Waals surface area (Å²) in [5, 5.41) is 0. The zero-order chi connectivity index (χ0) is 23.6. The highest BCUT2D eigenvalue weighted by atomic mass is 16.5. The first kappa shape index (κ1) is 26.3. The van der Waals surface area contributed by atoms with E-state index in [0.717, 1.165) is 62.0 Å². The highest BCUT2D eigenvalue weighted by Gasteiger charge is 2.32. The Morgan fingerprint density at radius 3 is 2.34 bits per heavy atom. The molecule has 1 atom stereocenters. The van der Waals surface area contributed by atoms with Crippen LogP contribution in [0.15, 0.2) is 47.1 Å². The summed E-state index contributed by atoms with van der Waals surface area (Å²) in [6, 6.07) is 4.19. The van der Waals surface area contributed by atoms with Gasteiger partial charge in [-0.25, -0.2) is 0 Å². The molecule has 0 aromatic heterocycles. The Balaban J connectivity index is 1.82. The number of rotatable bonds is 12. The van der Waals surface area contributed by atoms with Gasteiger partial charge in [0, 0.05) is 6.54 Å². The second-order valence-corrected chi connectivity index (χ2v) is 9.92. The normalized spacial score (nSPS) is 18.7. The van der Waals surface area contributed by atoms with Crippen LogP contribution in [0.1, 0.15) is 90.7 Å². The van der Waals surface area contributed by atoms with E-state index in [-0.39, 0.29) is 5.60 Å². The standard InChI is InChI=1S/C29H45NO2/c1-22(2)10-7-11-23(3)12-8-13-24(4)14-9-16-29(6)17-15-26-21-27(31-19-18-30)20-25(5)28(26)32-29/h10,12,14,20-21H,7-9,11,13,15-19,30H2,1-6H3/b23-12+,24-14+/t29-/m1/s1. The monoisotopic (exact) mass is 439 g/mol. The number of aryl methyl sites for hydroxylation is 2. The van der Waals surface area contributed by atoms with Gasteiger partial charge in [-0.2, -0.15) is 0 Å². The zero-order valence-electron chi connectivity index (χ0n) is 21.4. The van der Waals surface area contributed by atoms with E-state index in [1.807, 2.05) is 0 Å². The van der Waals surface area contributed by atoms with Crippen molar-refractivity contribution in [1.82, 2.24) is 0 Å². The van der Waals surface area contributed by atoms with Crippen LogP contribution in [-0.4, -0.2) is 18.8 Å². The topological polar surface area (TPSA) is 44.5 Å². The Labute approximate surface area is 196 Å². The summed E-state index contributed by atoms with van der Waals surface area (Å²) in [4.78, 5) is 0. The molecule has 1 aliphatic rings. The van der Waals surface area contributed by atoms with Crippen LogP contribution in [0.25, 0.3) is 0 Å². The second kappa shape index (κ2) is 12.9. The molecule has 1 aliphatic heterocycles. The highest BCUT2D eigenvalue weighted by Crippen LogP contribution is 2.40. The molecule has 1 heterocycles. The molecule has 0 saturated carbocycles. The van der Waals surface area contributed by atoms with Gasteiger partial charge in [-0.3, -0.25) is 0 Å². The quantitative estimate of drug-likeness (QED) is 0.341. The zero-order valence-corrected chi connectivity index (χ0v) is 21.4. The Morgan fingerprint density at radius 1 is 1.03 bits per heavy atom. The minimum Gasteiger partial charge on any atom is -0.492 e. The molecule has 3 nitrogen and oxygen atoms in total. The van der Waals surface area contributed by atoms with Gasteiger partial charge in [-0.1, -0.05) is 34.9 Å². The van der Waals surface area contributed by atoms with E-state index in [1.165, 1.54) is 28.7 Å². The van der Waals surface area contributed by atoms with E-state index in [2.05, 4.69) is 71.9 Å². The smallest absolute Gasteiger partial charge is 0.126 e. The summed E-state index contributed by atoms with van der Waals surface area (Å²) in [6.45, 7) is 14.3. The van der Waals surface area contributed by atoms with E-state index in [0.29, 0.717) is 13.2 Å². The number of nitrogens with two attached hydrogens (primary N) is 1. The van der Waals surface area contributed by atoms with Crippen molar-refractivity contribution in [3.8, 4) is 11.5 Å². The summed E-state index contributed by atoms with van der Waals surface area (Å²) in [5.41, 5.74) is 12.3. The predicted molar refractivity (Wildman–Crippen MR) is 138 cm³/mol. The van der Waals surface area contributed by atoms with Crippen molar-refractivity contribution in [2.75, 3.05) is 13.2 Å². The molecule has 1 aromatic carbocycles. The fraction of sp³-hybridized carbons (Fsp3) is 0.586. The van der Waals surface area contributed by atoms with Crippen LogP contribution in [0.2, 0.25) is 0 Å². The van der Waals surface area contributed by atoms with Crippen molar-refractivity contribution < 1.29 is 9.47 Å². The molecule has 2 rings (SSSR count). The largest absolute Gasteiger partial charge is 0.492 e. The van der Waals surface area contributed by atoms with Crippen LogP contribution in [0.4, 0.5) is 0 Å². The molecule has 0 saturated heterocycles. The van der Waals surface area contributed by atoms with Gasteiger partial charge in [0.2, 0.25) is 0 Å². The molecule has 0 spiro atoms. The third-order valence-electron chi connectivity index (χ3n) is 6.27. The van der Waals surface area contributed by atoms with Crippen LogP contribution in [0.5, 0.6) is 11.5 Å². The fourth-order valence-corrected chi connectivity index (χ4v) is 4.24. The number of benzene rings is 1. The molecule has 2 N–H and O–H groups in total. The molecule has 0 aliphatic carbocycles. The van der Waals surface area contributed by atoms with Gasteiger partial charge in [0.05, 0.1) is 0 Å². The molecule has 0 amide bonds. The van der Waals surface area contributed by atoms with Gasteiger partial charge >= 0.3 is 0 Å². The van der Waals surface area contributed by atoms with Gasteiger partial charge in [0.1, 0.15) is 23.7 Å². The molecule has 178 valence electrons. The molecule has 1 aromatic rings. The number of hydrogen-bond donors (Lipinski definition) is 1. The Hall–Kier alpha value is -2.00. The van der Waals surface area contributed by atoms with Crippen molar-refractivity contribution in [3.05, 3.63) is 58.2 Å². The van der Waals surface area contributed by atoms with E-state index in [9.17, 15) is 0 Å². The summed E-state index contributed by atoms with van der Waals surface area (Å²) in [6.07, 6.45) is 15.9. The summed E-state index contributed by atoms with van der Waals surface area (Å²) < 4.78 is 12.3. The Morgan fingerprint density at radius 2 is 1.69 bits per heavy atom. The maximum atomic E-state index is 6.53. The molecule has 0 bridgehead atoms. The van der Waals surface area contributed by atoms with Crippen molar-refractivity contribution in [2.24, 2.45) is 5.73 Å². The maximum Gasteiger partial charge on any atom is 0.126 e. The van der Waals surface area contributed by atoms with Crippen molar-refractivity contribution in [2.45, 2.75) is 98.5 Å². The van der Waals surface area contributed by atoms with E-state index < -0.39 is 0 Å². The Bertz CT molecular complexity index is 830. The van der Waals surface area contributed by atoms with Crippen LogP contribution in [-0.2, 0) is 6.42 Å². The molecule has 0 fully saturated rings. The van der Waals surface area contributed by atoms with Crippen LogP contribution >= 0.6 is 0 Å². The molecule has 32 heavy (non-hydrogen) atoms. The molecular weight excluding hydrogens is 394 g/mol. The van der Waals surface area contributed by atoms with E-state index >= 15 is 0 Å². The van der Waals surface area contributed by atoms with Crippen LogP contribution in [0, 0.1) is 6.92 Å². The average Bonchev–Trinajstić information content (AvgIpc) is 2.72. The summed E-state index contributed by atoms with van der Waals surface area (Å²) in [5.74, 6) is 1.95. The second-order valence-electron chi connectivity index (χ2n) is 9.92.